The Hall–Kier alpha value is -1.59. The molecule has 0 N–H and O–H groups in total. The van der Waals surface area contributed by atoms with Crippen LogP contribution in [0.2, 0.25) is 0 Å². The maximum absolute atomic E-state index is 12.8. The summed E-state index contributed by atoms with van der Waals surface area (Å²) in [6.45, 7) is 7.15. The van der Waals surface area contributed by atoms with Crippen molar-refractivity contribution >= 4 is 11.6 Å². The molecule has 0 unspecified atom stereocenters. The van der Waals surface area contributed by atoms with E-state index in [0.29, 0.717) is 11.9 Å². The lowest BCUT2D eigenvalue weighted by atomic mass is 9.81. The summed E-state index contributed by atoms with van der Waals surface area (Å²) in [5.74, 6) is 1.19. The van der Waals surface area contributed by atoms with Gasteiger partial charge < -0.3 is 14.5 Å². The highest BCUT2D eigenvalue weighted by molar-refractivity contribution is 5.76. The van der Waals surface area contributed by atoms with E-state index in [2.05, 4.69) is 45.0 Å². The molecule has 4 fully saturated rings. The van der Waals surface area contributed by atoms with Crippen molar-refractivity contribution in [1.82, 2.24) is 9.80 Å². The van der Waals surface area contributed by atoms with E-state index < -0.39 is 0 Å². The Kier molecular flexibility index (Phi) is 7.03. The fraction of sp³-hybridized carbons (Fsp3) is 0.741. The van der Waals surface area contributed by atoms with Crippen molar-refractivity contribution in [3.05, 3.63) is 30.3 Å². The van der Waals surface area contributed by atoms with Crippen LogP contribution < -0.4 is 4.90 Å². The van der Waals surface area contributed by atoms with Gasteiger partial charge in [-0.2, -0.15) is 0 Å². The molecule has 5 nitrogen and oxygen atoms in total. The minimum absolute atomic E-state index is 0.00170. The van der Waals surface area contributed by atoms with E-state index in [0.717, 1.165) is 90.3 Å². The van der Waals surface area contributed by atoms with E-state index in [-0.39, 0.29) is 5.60 Å². The van der Waals surface area contributed by atoms with Gasteiger partial charge in [-0.05, 0) is 50.2 Å². The van der Waals surface area contributed by atoms with Gasteiger partial charge >= 0.3 is 0 Å². The van der Waals surface area contributed by atoms with Crippen molar-refractivity contribution < 1.29 is 9.53 Å². The van der Waals surface area contributed by atoms with Crippen LogP contribution in [-0.2, 0) is 9.53 Å². The largest absolute Gasteiger partial charge is 0.375 e. The maximum atomic E-state index is 12.8. The van der Waals surface area contributed by atoms with Crippen molar-refractivity contribution in [1.29, 1.82) is 0 Å². The lowest BCUT2D eigenvalue weighted by Crippen LogP contribution is -2.57. The predicted molar refractivity (Wildman–Crippen MR) is 129 cm³/mol. The van der Waals surface area contributed by atoms with Gasteiger partial charge in [-0.1, -0.05) is 43.9 Å². The number of benzene rings is 1. The number of rotatable bonds is 5. The second kappa shape index (κ2) is 10.1. The summed E-state index contributed by atoms with van der Waals surface area (Å²) in [5.41, 5.74) is 1.35. The molecule has 1 atom stereocenters. The van der Waals surface area contributed by atoms with Gasteiger partial charge in [-0.25, -0.2) is 0 Å². The summed E-state index contributed by atoms with van der Waals surface area (Å²) in [4.78, 5) is 20.1. The lowest BCUT2D eigenvalue weighted by Gasteiger charge is -2.50. The standard InChI is InChI=1S/C27H41N3O2/c31-26(11-10-23-6-4-5-7-23)30-15-13-27(14-16-30)22-25(12-21-32-27)29-19-17-28(18-20-29)24-8-2-1-3-9-24/h1-3,8-9,23,25H,4-7,10-22H2/t25-/m0/s1. The first-order valence-corrected chi connectivity index (χ1v) is 13.2. The van der Waals surface area contributed by atoms with Crippen LogP contribution in [0.25, 0.3) is 0 Å². The van der Waals surface area contributed by atoms with Crippen LogP contribution in [0.4, 0.5) is 5.69 Å². The monoisotopic (exact) mass is 439 g/mol. The van der Waals surface area contributed by atoms with Crippen molar-refractivity contribution in [2.75, 3.05) is 50.8 Å². The van der Waals surface area contributed by atoms with Crippen molar-refractivity contribution in [3.63, 3.8) is 0 Å². The first-order chi connectivity index (χ1) is 15.7. The number of hydrogen-bond donors (Lipinski definition) is 0. The molecule has 1 aromatic rings. The van der Waals surface area contributed by atoms with Crippen LogP contribution in [0.5, 0.6) is 0 Å². The Morgan fingerprint density at radius 3 is 2.38 bits per heavy atom. The number of para-hydroxylation sites is 1. The van der Waals surface area contributed by atoms with Gasteiger partial charge in [0.25, 0.3) is 0 Å². The first-order valence-electron chi connectivity index (χ1n) is 13.2. The Morgan fingerprint density at radius 2 is 1.66 bits per heavy atom. The van der Waals surface area contributed by atoms with Gasteiger partial charge in [-0.15, -0.1) is 0 Å². The SMILES string of the molecule is O=C(CCC1CCCC1)N1CCC2(CC1)C[C@@H](N1CCN(c3ccccc3)CC1)CCO2. The van der Waals surface area contributed by atoms with Gasteiger partial charge in [0.1, 0.15) is 0 Å². The molecule has 3 heterocycles. The van der Waals surface area contributed by atoms with E-state index in [1.165, 1.54) is 31.4 Å². The fourth-order valence-corrected chi connectivity index (χ4v) is 6.59. The molecule has 5 rings (SSSR count). The molecule has 4 aliphatic rings. The second-order valence-electron chi connectivity index (χ2n) is 10.6. The van der Waals surface area contributed by atoms with E-state index in [9.17, 15) is 4.79 Å². The maximum Gasteiger partial charge on any atom is 0.222 e. The van der Waals surface area contributed by atoms with E-state index in [1.54, 1.807) is 0 Å². The van der Waals surface area contributed by atoms with Gasteiger partial charge in [0.15, 0.2) is 0 Å². The molecular weight excluding hydrogens is 398 g/mol. The number of piperazine rings is 1. The van der Waals surface area contributed by atoms with E-state index in [1.807, 2.05) is 0 Å². The molecule has 0 radical (unpaired) electrons. The third-order valence-corrected chi connectivity index (χ3v) is 8.69. The molecular formula is C27H41N3O2. The van der Waals surface area contributed by atoms with Crippen molar-refractivity contribution in [2.24, 2.45) is 5.92 Å². The van der Waals surface area contributed by atoms with Gasteiger partial charge in [-0.3, -0.25) is 9.69 Å². The Labute approximate surface area is 194 Å². The summed E-state index contributed by atoms with van der Waals surface area (Å²) in [6.07, 6.45) is 11.6. The number of carbonyl (C=O) groups excluding carboxylic acids is 1. The zero-order chi connectivity index (χ0) is 21.8. The number of amides is 1. The third-order valence-electron chi connectivity index (χ3n) is 8.69. The topological polar surface area (TPSA) is 36.0 Å². The zero-order valence-corrected chi connectivity index (χ0v) is 19.7. The summed E-state index contributed by atoms with van der Waals surface area (Å²) in [6, 6.07) is 11.4. The summed E-state index contributed by atoms with van der Waals surface area (Å²) >= 11 is 0. The Balaban J connectivity index is 1.09. The molecule has 0 aromatic heterocycles. The number of anilines is 1. The minimum Gasteiger partial charge on any atom is -0.375 e. The van der Waals surface area contributed by atoms with Crippen LogP contribution in [0.15, 0.2) is 30.3 Å². The number of likely N-dealkylation sites (tertiary alicyclic amines) is 1. The normalized spacial score (nSPS) is 27.2. The quantitative estimate of drug-likeness (QED) is 0.685. The fourth-order valence-electron chi connectivity index (χ4n) is 6.59. The van der Waals surface area contributed by atoms with Crippen LogP contribution in [0.3, 0.4) is 0 Å². The highest BCUT2D eigenvalue weighted by atomic mass is 16.5. The highest BCUT2D eigenvalue weighted by Crippen LogP contribution is 2.37. The third kappa shape index (κ3) is 5.14. The molecule has 1 amide bonds. The number of carbonyl (C=O) groups is 1. The summed E-state index contributed by atoms with van der Waals surface area (Å²) < 4.78 is 6.41. The Morgan fingerprint density at radius 1 is 0.938 bits per heavy atom. The number of ether oxygens (including phenoxy) is 1. The van der Waals surface area contributed by atoms with Crippen LogP contribution in [-0.4, -0.2) is 73.2 Å². The van der Waals surface area contributed by atoms with E-state index in [4.69, 9.17) is 4.74 Å². The molecule has 176 valence electrons. The molecule has 1 spiro atoms. The lowest BCUT2D eigenvalue weighted by molar-refractivity contribution is -0.149. The number of piperidine rings is 1. The second-order valence-corrected chi connectivity index (χ2v) is 10.6. The van der Waals surface area contributed by atoms with Crippen LogP contribution >= 0.6 is 0 Å². The minimum atomic E-state index is 0.00170. The van der Waals surface area contributed by atoms with Crippen molar-refractivity contribution in [3.8, 4) is 0 Å². The summed E-state index contributed by atoms with van der Waals surface area (Å²) in [7, 11) is 0. The zero-order valence-electron chi connectivity index (χ0n) is 19.7. The van der Waals surface area contributed by atoms with Crippen LogP contribution in [0, 0.1) is 5.92 Å². The molecule has 3 saturated heterocycles. The average molecular weight is 440 g/mol. The number of nitrogens with zero attached hydrogens (tertiary/aromatic N) is 3. The van der Waals surface area contributed by atoms with Crippen LogP contribution in [0.1, 0.15) is 64.2 Å². The van der Waals surface area contributed by atoms with Gasteiger partial charge in [0.2, 0.25) is 5.91 Å². The molecule has 1 aromatic carbocycles. The summed E-state index contributed by atoms with van der Waals surface area (Å²) in [5, 5.41) is 0. The molecule has 1 saturated carbocycles. The predicted octanol–water partition coefficient (Wildman–Crippen LogP) is 4.32. The highest BCUT2D eigenvalue weighted by Gasteiger charge is 2.42. The van der Waals surface area contributed by atoms with Gasteiger partial charge in [0.05, 0.1) is 5.60 Å². The smallest absolute Gasteiger partial charge is 0.222 e. The van der Waals surface area contributed by atoms with Crippen molar-refractivity contribution in [2.45, 2.75) is 75.9 Å². The molecule has 5 heteroatoms. The first kappa shape index (κ1) is 22.2. The Bertz CT molecular complexity index is 733. The molecule has 32 heavy (non-hydrogen) atoms. The molecule has 0 bridgehead atoms. The average Bonchev–Trinajstić information content (AvgIpc) is 3.38. The molecule has 1 aliphatic carbocycles. The number of hydrogen-bond acceptors (Lipinski definition) is 4. The van der Waals surface area contributed by atoms with E-state index >= 15 is 0 Å². The van der Waals surface area contributed by atoms with Gasteiger partial charge in [0, 0.05) is 64.0 Å². The molecule has 3 aliphatic heterocycles.